The largest absolute Gasteiger partial charge is 0.508 e. The van der Waals surface area contributed by atoms with Crippen LogP contribution < -0.4 is 0 Å². The maximum atomic E-state index is 9.00. The monoisotopic (exact) mass is 306 g/mol. The fraction of sp³-hybridized carbons (Fsp3) is 0.250. The number of aromatic hydroxyl groups is 3. The molecule has 0 aromatic heterocycles. The van der Waals surface area contributed by atoms with Crippen LogP contribution >= 0.6 is 0 Å². The van der Waals surface area contributed by atoms with Gasteiger partial charge in [0, 0.05) is 26.8 Å². The highest BCUT2D eigenvalue weighted by Gasteiger charge is 1.96. The van der Waals surface area contributed by atoms with Crippen molar-refractivity contribution >= 4 is 17.9 Å². The number of carbonyl (C=O) groups is 3. The molecule has 0 bridgehead atoms. The van der Waals surface area contributed by atoms with Crippen LogP contribution in [0, 0.1) is 0 Å². The Hall–Kier alpha value is -2.97. The van der Waals surface area contributed by atoms with Crippen molar-refractivity contribution in [2.45, 2.75) is 20.8 Å². The fourth-order valence-electron chi connectivity index (χ4n) is 0.512. The maximum Gasteiger partial charge on any atom is 0.300 e. The zero-order chi connectivity index (χ0) is 17.6. The van der Waals surface area contributed by atoms with Crippen LogP contribution in [0.3, 0.4) is 0 Å². The summed E-state index contributed by atoms with van der Waals surface area (Å²) in [5, 5.41) is 48.3. The lowest BCUT2D eigenvalue weighted by Crippen LogP contribution is -1.78. The number of rotatable bonds is 0. The zero-order valence-electron chi connectivity index (χ0n) is 11.6. The summed E-state index contributed by atoms with van der Waals surface area (Å²) in [6.07, 6.45) is 0. The van der Waals surface area contributed by atoms with Gasteiger partial charge in [0.05, 0.1) is 0 Å². The van der Waals surface area contributed by atoms with E-state index in [9.17, 15) is 0 Å². The topological polar surface area (TPSA) is 173 Å². The number of aliphatic carboxylic acids is 3. The highest BCUT2D eigenvalue weighted by atomic mass is 16.4. The molecule has 0 radical (unpaired) electrons. The Morgan fingerprint density at radius 2 is 1.00 bits per heavy atom. The summed E-state index contributed by atoms with van der Waals surface area (Å²) >= 11 is 0. The smallest absolute Gasteiger partial charge is 0.300 e. The van der Waals surface area contributed by atoms with E-state index >= 15 is 0 Å². The van der Waals surface area contributed by atoms with Gasteiger partial charge in [0.2, 0.25) is 0 Å². The molecule has 0 unspecified atom stereocenters. The molecule has 0 spiro atoms. The molecule has 0 aliphatic rings. The first-order valence-corrected chi connectivity index (χ1v) is 5.19. The molecule has 0 amide bonds. The zero-order valence-corrected chi connectivity index (χ0v) is 11.6. The molecule has 0 fully saturated rings. The molecule has 1 rings (SSSR count). The fourth-order valence-corrected chi connectivity index (χ4v) is 0.512. The molecule has 6 N–H and O–H groups in total. The molecule has 9 nitrogen and oxygen atoms in total. The quantitative estimate of drug-likeness (QED) is 0.303. The van der Waals surface area contributed by atoms with Gasteiger partial charge in [-0.1, -0.05) is 0 Å². The molecule has 0 saturated carbocycles. The van der Waals surface area contributed by atoms with E-state index in [4.69, 9.17) is 45.0 Å². The van der Waals surface area contributed by atoms with E-state index in [0.717, 1.165) is 26.8 Å². The van der Waals surface area contributed by atoms with E-state index in [1.54, 1.807) is 0 Å². The van der Waals surface area contributed by atoms with Gasteiger partial charge in [-0.05, 0) is 12.1 Å². The standard InChI is InChI=1S/C6H6O3.3C2H4O2/c7-4-1-2-5(8)6(9)3-4;3*1-2(3)4/h1-3,7-9H;3*1H3,(H,3,4). The van der Waals surface area contributed by atoms with Gasteiger partial charge in [-0.2, -0.15) is 0 Å². The number of carboxylic acid groups (broad SMARTS) is 3. The summed E-state index contributed by atoms with van der Waals surface area (Å²) in [6, 6.07) is 3.56. The van der Waals surface area contributed by atoms with Crippen LogP contribution in [0.15, 0.2) is 18.2 Å². The molecule has 0 aliphatic heterocycles. The van der Waals surface area contributed by atoms with E-state index in [1.165, 1.54) is 12.1 Å². The van der Waals surface area contributed by atoms with Crippen LogP contribution in [-0.2, 0) is 14.4 Å². The Morgan fingerprint density at radius 1 is 0.714 bits per heavy atom. The minimum Gasteiger partial charge on any atom is -0.508 e. The molecular weight excluding hydrogens is 288 g/mol. The molecule has 9 heteroatoms. The summed E-state index contributed by atoms with van der Waals surface area (Å²) in [4.78, 5) is 27.0. The van der Waals surface area contributed by atoms with Crippen molar-refractivity contribution < 1.29 is 45.0 Å². The Labute approximate surface area is 120 Å². The summed E-state index contributed by atoms with van der Waals surface area (Å²) < 4.78 is 0. The highest BCUT2D eigenvalue weighted by Crippen LogP contribution is 2.27. The third-order valence-electron chi connectivity index (χ3n) is 0.959. The summed E-state index contributed by atoms with van der Waals surface area (Å²) in [7, 11) is 0. The van der Waals surface area contributed by atoms with Crippen LogP contribution in [0.5, 0.6) is 17.2 Å². The lowest BCUT2D eigenvalue weighted by molar-refractivity contribution is -0.135. The molecule has 21 heavy (non-hydrogen) atoms. The number of phenols is 3. The first kappa shape index (κ1) is 23.1. The number of benzene rings is 1. The Kier molecular flexibility index (Phi) is 14.8. The predicted molar refractivity (Wildman–Crippen MR) is 71.4 cm³/mol. The van der Waals surface area contributed by atoms with Gasteiger partial charge in [0.25, 0.3) is 17.9 Å². The molecule has 0 aliphatic carbocycles. The third kappa shape index (κ3) is 38.2. The SMILES string of the molecule is CC(=O)O.CC(=O)O.CC(=O)O.Oc1ccc(O)c(O)c1. The molecule has 0 saturated heterocycles. The second-order valence-electron chi connectivity index (χ2n) is 3.23. The maximum absolute atomic E-state index is 9.00. The second kappa shape index (κ2) is 13.5. The van der Waals surface area contributed by atoms with Gasteiger partial charge in [-0.3, -0.25) is 14.4 Å². The van der Waals surface area contributed by atoms with Crippen LogP contribution in [0.2, 0.25) is 0 Å². The number of hydrogen-bond donors (Lipinski definition) is 6. The van der Waals surface area contributed by atoms with Gasteiger partial charge < -0.3 is 30.6 Å². The molecule has 0 heterocycles. The van der Waals surface area contributed by atoms with E-state index in [2.05, 4.69) is 0 Å². The third-order valence-corrected chi connectivity index (χ3v) is 0.959. The molecule has 0 atom stereocenters. The summed E-state index contributed by atoms with van der Waals surface area (Å²) in [6.45, 7) is 3.25. The van der Waals surface area contributed by atoms with E-state index in [0.29, 0.717) is 0 Å². The van der Waals surface area contributed by atoms with Crippen LogP contribution in [0.1, 0.15) is 20.8 Å². The van der Waals surface area contributed by atoms with E-state index in [1.807, 2.05) is 0 Å². The van der Waals surface area contributed by atoms with Crippen LogP contribution in [0.25, 0.3) is 0 Å². The molecule has 1 aromatic carbocycles. The molecular formula is C12H18O9. The first-order chi connectivity index (χ1) is 9.39. The Balaban J connectivity index is -0.000000230. The number of phenolic OH excluding ortho intramolecular Hbond substituents is 3. The average Bonchev–Trinajstić information content (AvgIpc) is 2.21. The Morgan fingerprint density at radius 3 is 1.19 bits per heavy atom. The van der Waals surface area contributed by atoms with Gasteiger partial charge >= 0.3 is 0 Å². The van der Waals surface area contributed by atoms with Crippen molar-refractivity contribution in [3.8, 4) is 17.2 Å². The number of carboxylic acids is 3. The van der Waals surface area contributed by atoms with Gasteiger partial charge in [-0.25, -0.2) is 0 Å². The van der Waals surface area contributed by atoms with Crippen molar-refractivity contribution in [1.82, 2.24) is 0 Å². The van der Waals surface area contributed by atoms with Crippen molar-refractivity contribution in [1.29, 1.82) is 0 Å². The van der Waals surface area contributed by atoms with Crippen LogP contribution in [0.4, 0.5) is 0 Å². The minimum absolute atomic E-state index is 0.0645. The van der Waals surface area contributed by atoms with Crippen molar-refractivity contribution in [2.24, 2.45) is 0 Å². The highest BCUT2D eigenvalue weighted by molar-refractivity contribution is 5.63. The van der Waals surface area contributed by atoms with Crippen molar-refractivity contribution in [3.05, 3.63) is 18.2 Å². The second-order valence-corrected chi connectivity index (χ2v) is 3.23. The van der Waals surface area contributed by atoms with Crippen molar-refractivity contribution in [3.63, 3.8) is 0 Å². The molecule has 1 aromatic rings. The van der Waals surface area contributed by atoms with E-state index in [-0.39, 0.29) is 17.2 Å². The van der Waals surface area contributed by atoms with Gasteiger partial charge in [0.1, 0.15) is 5.75 Å². The normalized spacial score (nSPS) is 7.57. The summed E-state index contributed by atoms with van der Waals surface area (Å²) in [5.41, 5.74) is 0. The van der Waals surface area contributed by atoms with Gasteiger partial charge in [0.15, 0.2) is 11.5 Å². The molecule has 120 valence electrons. The average molecular weight is 306 g/mol. The van der Waals surface area contributed by atoms with Crippen LogP contribution in [-0.4, -0.2) is 48.5 Å². The lowest BCUT2D eigenvalue weighted by Gasteiger charge is -1.95. The first-order valence-electron chi connectivity index (χ1n) is 5.19. The predicted octanol–water partition coefficient (Wildman–Crippen LogP) is 1.08. The number of hydrogen-bond acceptors (Lipinski definition) is 6. The van der Waals surface area contributed by atoms with Crippen molar-refractivity contribution in [2.75, 3.05) is 0 Å². The van der Waals surface area contributed by atoms with Gasteiger partial charge in [-0.15, -0.1) is 0 Å². The lowest BCUT2D eigenvalue weighted by atomic mass is 10.3. The minimum atomic E-state index is -0.833. The Bertz CT molecular complexity index is 414. The van der Waals surface area contributed by atoms with E-state index < -0.39 is 17.9 Å². The summed E-state index contributed by atoms with van der Waals surface area (Å²) in [5.74, 6) is -3.10.